The highest BCUT2D eigenvalue weighted by Gasteiger charge is 2.19. The Hall–Kier alpha value is -2.02. The van der Waals surface area contributed by atoms with Gasteiger partial charge in [-0.2, -0.15) is 8.42 Å². The van der Waals surface area contributed by atoms with E-state index in [9.17, 15) is 8.42 Å². The number of anilines is 2. The van der Waals surface area contributed by atoms with Crippen LogP contribution >= 0.6 is 0 Å². The Morgan fingerprint density at radius 1 is 1.08 bits per heavy atom. The fourth-order valence-corrected chi connectivity index (χ4v) is 4.28. The van der Waals surface area contributed by atoms with E-state index in [1.54, 1.807) is 4.57 Å². The molecule has 0 aliphatic carbocycles. The van der Waals surface area contributed by atoms with E-state index in [2.05, 4.69) is 14.6 Å². The second kappa shape index (κ2) is 7.25. The third-order valence-corrected chi connectivity index (χ3v) is 5.78. The number of hydrogen-bond donors (Lipinski definition) is 1. The molecule has 1 N–H and O–H groups in total. The summed E-state index contributed by atoms with van der Waals surface area (Å²) in [5, 5.41) is 0.182. The van der Waals surface area contributed by atoms with E-state index in [0.29, 0.717) is 12.2 Å². The van der Waals surface area contributed by atoms with Crippen molar-refractivity contribution in [3.05, 3.63) is 36.8 Å². The van der Waals surface area contributed by atoms with Crippen LogP contribution < -0.4 is 9.62 Å². The molecule has 7 heteroatoms. The van der Waals surface area contributed by atoms with Gasteiger partial charge in [0.05, 0.1) is 12.5 Å². The summed E-state index contributed by atoms with van der Waals surface area (Å²) in [6.07, 6.45) is 7.91. The summed E-state index contributed by atoms with van der Waals surface area (Å²) in [6, 6.07) is 7.62. The molecule has 130 valence electrons. The molecule has 0 saturated carbocycles. The molecule has 6 nitrogen and oxygen atoms in total. The second-order valence-corrected chi connectivity index (χ2v) is 7.70. The second-order valence-electron chi connectivity index (χ2n) is 6.07. The molecule has 0 atom stereocenters. The van der Waals surface area contributed by atoms with Crippen LogP contribution in [-0.4, -0.2) is 31.1 Å². The average molecular weight is 348 g/mol. The van der Waals surface area contributed by atoms with Gasteiger partial charge in [0.15, 0.2) is 5.03 Å². The van der Waals surface area contributed by atoms with Gasteiger partial charge in [-0.1, -0.05) is 12.8 Å². The molecular weight excluding hydrogens is 324 g/mol. The minimum absolute atomic E-state index is 0.182. The quantitative estimate of drug-likeness (QED) is 0.902. The molecule has 0 bridgehead atoms. The highest BCUT2D eigenvalue weighted by molar-refractivity contribution is 7.92. The molecule has 2 heterocycles. The molecule has 0 unspecified atom stereocenters. The number of imidazole rings is 1. The van der Waals surface area contributed by atoms with E-state index in [0.717, 1.165) is 18.8 Å². The van der Waals surface area contributed by atoms with Crippen LogP contribution in [0.5, 0.6) is 0 Å². The van der Waals surface area contributed by atoms with Gasteiger partial charge >= 0.3 is 0 Å². The Kier molecular flexibility index (Phi) is 5.08. The molecule has 24 heavy (non-hydrogen) atoms. The Balaban J connectivity index is 1.74. The van der Waals surface area contributed by atoms with Gasteiger partial charge in [-0.15, -0.1) is 0 Å². The zero-order valence-electron chi connectivity index (χ0n) is 14.0. The first-order valence-electron chi connectivity index (χ1n) is 8.48. The number of aryl methyl sites for hydroxylation is 1. The normalized spacial score (nSPS) is 16.0. The first kappa shape index (κ1) is 16.8. The maximum absolute atomic E-state index is 12.5. The highest BCUT2D eigenvalue weighted by Crippen LogP contribution is 2.23. The zero-order valence-corrected chi connectivity index (χ0v) is 14.8. The fraction of sp³-hybridized carbons (Fsp3) is 0.471. The standard InChI is InChI=1S/C17H24N4O2S/c1-2-20-14-18-13-17(20)24(22,23)19-15-7-9-16(10-8-15)21-11-5-3-4-6-12-21/h7-10,13-14,19H,2-6,11-12H2,1H3. The SMILES string of the molecule is CCn1cncc1S(=O)(=O)Nc1ccc(N2CCCCCC2)cc1. The summed E-state index contributed by atoms with van der Waals surface area (Å²) in [4.78, 5) is 6.29. The third-order valence-electron chi connectivity index (χ3n) is 4.38. The third kappa shape index (κ3) is 3.72. The first-order chi connectivity index (χ1) is 11.6. The van der Waals surface area contributed by atoms with Crippen LogP contribution in [0.15, 0.2) is 41.8 Å². The van der Waals surface area contributed by atoms with Crippen molar-refractivity contribution in [3.8, 4) is 0 Å². The molecule has 2 aromatic rings. The average Bonchev–Trinajstić information content (AvgIpc) is 2.91. The molecule has 1 aliphatic heterocycles. The summed E-state index contributed by atoms with van der Waals surface area (Å²) in [7, 11) is -3.62. The van der Waals surface area contributed by atoms with Crippen molar-refractivity contribution in [1.29, 1.82) is 0 Å². The smallest absolute Gasteiger partial charge is 0.279 e. The monoisotopic (exact) mass is 348 g/mol. The molecule has 1 saturated heterocycles. The Bertz CT molecular complexity index is 760. The summed E-state index contributed by atoms with van der Waals surface area (Å²) in [5.74, 6) is 0. The summed E-state index contributed by atoms with van der Waals surface area (Å²) >= 11 is 0. The van der Waals surface area contributed by atoms with Crippen molar-refractivity contribution in [3.63, 3.8) is 0 Å². The van der Waals surface area contributed by atoms with E-state index in [1.165, 1.54) is 38.2 Å². The minimum atomic E-state index is -3.62. The molecule has 3 rings (SSSR count). The van der Waals surface area contributed by atoms with E-state index in [-0.39, 0.29) is 5.03 Å². The van der Waals surface area contributed by atoms with Gasteiger partial charge in [0.25, 0.3) is 10.0 Å². The van der Waals surface area contributed by atoms with Gasteiger partial charge < -0.3 is 9.47 Å². The number of sulfonamides is 1. The van der Waals surface area contributed by atoms with Crippen molar-refractivity contribution in [2.45, 2.75) is 44.2 Å². The van der Waals surface area contributed by atoms with Gasteiger partial charge in [-0.05, 0) is 44.0 Å². The molecule has 0 spiro atoms. The van der Waals surface area contributed by atoms with Crippen molar-refractivity contribution >= 4 is 21.4 Å². The molecular formula is C17H24N4O2S. The van der Waals surface area contributed by atoms with Gasteiger partial charge in [-0.3, -0.25) is 4.72 Å². The lowest BCUT2D eigenvalue weighted by atomic mass is 10.2. The first-order valence-corrected chi connectivity index (χ1v) is 9.96. The molecule has 1 fully saturated rings. The number of aromatic nitrogens is 2. The van der Waals surface area contributed by atoms with Gasteiger partial charge in [0, 0.05) is 31.0 Å². The highest BCUT2D eigenvalue weighted by atomic mass is 32.2. The predicted molar refractivity (Wildman–Crippen MR) is 95.8 cm³/mol. The Morgan fingerprint density at radius 3 is 2.38 bits per heavy atom. The lowest BCUT2D eigenvalue weighted by Gasteiger charge is -2.22. The summed E-state index contributed by atoms with van der Waals surface area (Å²) in [5.41, 5.74) is 1.72. The van der Waals surface area contributed by atoms with Crippen molar-refractivity contribution in [2.75, 3.05) is 22.7 Å². The van der Waals surface area contributed by atoms with Gasteiger partial charge in [0.2, 0.25) is 0 Å². The summed E-state index contributed by atoms with van der Waals surface area (Å²) < 4.78 is 29.2. The van der Waals surface area contributed by atoms with E-state index in [1.807, 2.05) is 31.2 Å². The van der Waals surface area contributed by atoms with Crippen LogP contribution in [0.1, 0.15) is 32.6 Å². The number of benzene rings is 1. The van der Waals surface area contributed by atoms with Crippen LogP contribution in [0.25, 0.3) is 0 Å². The largest absolute Gasteiger partial charge is 0.372 e. The van der Waals surface area contributed by atoms with E-state index in [4.69, 9.17) is 0 Å². The molecule has 1 aromatic carbocycles. The Labute approximate surface area is 143 Å². The van der Waals surface area contributed by atoms with Crippen LogP contribution in [0.4, 0.5) is 11.4 Å². The minimum Gasteiger partial charge on any atom is -0.372 e. The van der Waals surface area contributed by atoms with Crippen molar-refractivity contribution in [1.82, 2.24) is 9.55 Å². The van der Waals surface area contributed by atoms with Crippen LogP contribution in [0.3, 0.4) is 0 Å². The van der Waals surface area contributed by atoms with Crippen LogP contribution in [0.2, 0.25) is 0 Å². The van der Waals surface area contributed by atoms with Crippen LogP contribution in [0, 0.1) is 0 Å². The number of nitrogens with zero attached hydrogens (tertiary/aromatic N) is 3. The van der Waals surface area contributed by atoms with Gasteiger partial charge in [-0.25, -0.2) is 4.98 Å². The van der Waals surface area contributed by atoms with Crippen molar-refractivity contribution < 1.29 is 8.42 Å². The topological polar surface area (TPSA) is 67.2 Å². The lowest BCUT2D eigenvalue weighted by molar-refractivity contribution is 0.583. The fourth-order valence-electron chi connectivity index (χ4n) is 3.05. The molecule has 1 aliphatic rings. The van der Waals surface area contributed by atoms with Crippen molar-refractivity contribution in [2.24, 2.45) is 0 Å². The lowest BCUT2D eigenvalue weighted by Crippen LogP contribution is -2.23. The van der Waals surface area contributed by atoms with E-state index >= 15 is 0 Å². The predicted octanol–water partition coefficient (Wildman–Crippen LogP) is 3.08. The number of hydrogen-bond acceptors (Lipinski definition) is 4. The van der Waals surface area contributed by atoms with Gasteiger partial charge in [0.1, 0.15) is 0 Å². The molecule has 1 aromatic heterocycles. The maximum atomic E-state index is 12.5. The Morgan fingerprint density at radius 2 is 1.75 bits per heavy atom. The molecule has 0 radical (unpaired) electrons. The molecule has 0 amide bonds. The summed E-state index contributed by atoms with van der Waals surface area (Å²) in [6.45, 7) is 4.59. The van der Waals surface area contributed by atoms with E-state index < -0.39 is 10.0 Å². The van der Waals surface area contributed by atoms with Crippen LogP contribution in [-0.2, 0) is 16.6 Å². The maximum Gasteiger partial charge on any atom is 0.279 e. The number of nitrogens with one attached hydrogen (secondary N) is 1. The number of rotatable bonds is 5. The zero-order chi connectivity index (χ0) is 17.0.